The van der Waals surface area contributed by atoms with Gasteiger partial charge >= 0.3 is 0 Å². The summed E-state index contributed by atoms with van der Waals surface area (Å²) in [4.78, 5) is 12.3. The van der Waals surface area contributed by atoms with E-state index in [0.717, 1.165) is 11.1 Å². The van der Waals surface area contributed by atoms with Crippen LogP contribution < -0.4 is 5.32 Å². The van der Waals surface area contributed by atoms with Crippen LogP contribution in [0.25, 0.3) is 11.5 Å². The van der Waals surface area contributed by atoms with Gasteiger partial charge in [0.2, 0.25) is 11.8 Å². The minimum atomic E-state index is -0.116. The van der Waals surface area contributed by atoms with Gasteiger partial charge in [0.05, 0.1) is 6.04 Å². The topological polar surface area (TPSA) is 68.0 Å². The summed E-state index contributed by atoms with van der Waals surface area (Å²) in [5.74, 6) is 0.847. The SMILES string of the molecule is Cc1nnc(-c2ccc(C(=O)NC(C)c3ccccc3)cc2)o1. The van der Waals surface area contributed by atoms with Gasteiger partial charge in [0.25, 0.3) is 5.91 Å². The van der Waals surface area contributed by atoms with Crippen LogP contribution >= 0.6 is 0 Å². The predicted octanol–water partition coefficient (Wildman–Crippen LogP) is 3.54. The summed E-state index contributed by atoms with van der Waals surface area (Å²) in [6, 6.07) is 16.9. The van der Waals surface area contributed by atoms with Crippen LogP contribution in [0.3, 0.4) is 0 Å². The maximum Gasteiger partial charge on any atom is 0.251 e. The third kappa shape index (κ3) is 3.45. The molecule has 0 aliphatic carbocycles. The second kappa shape index (κ2) is 6.44. The first-order valence-electron chi connectivity index (χ1n) is 7.40. The van der Waals surface area contributed by atoms with Gasteiger partial charge in [0.15, 0.2) is 0 Å². The quantitative estimate of drug-likeness (QED) is 0.800. The summed E-state index contributed by atoms with van der Waals surface area (Å²) < 4.78 is 5.37. The molecule has 0 spiro atoms. The number of rotatable bonds is 4. The molecule has 0 saturated heterocycles. The fourth-order valence-electron chi connectivity index (χ4n) is 2.28. The molecular weight excluding hydrogens is 290 g/mol. The molecule has 0 fully saturated rings. The van der Waals surface area contributed by atoms with E-state index in [4.69, 9.17) is 4.42 Å². The standard InChI is InChI=1S/C18H17N3O2/c1-12(14-6-4-3-5-7-14)19-17(22)15-8-10-16(11-9-15)18-21-20-13(2)23-18/h3-12H,1-2H3,(H,19,22). The number of hydrogen-bond acceptors (Lipinski definition) is 4. The van der Waals surface area contributed by atoms with E-state index in [9.17, 15) is 4.79 Å². The number of amides is 1. The van der Waals surface area contributed by atoms with E-state index in [1.165, 1.54) is 0 Å². The normalized spacial score (nSPS) is 11.9. The molecule has 5 heteroatoms. The Hall–Kier alpha value is -2.95. The lowest BCUT2D eigenvalue weighted by Crippen LogP contribution is -2.26. The maximum absolute atomic E-state index is 12.3. The highest BCUT2D eigenvalue weighted by Gasteiger charge is 2.12. The molecule has 0 saturated carbocycles. The first kappa shape index (κ1) is 15.0. The lowest BCUT2D eigenvalue weighted by Gasteiger charge is -2.14. The maximum atomic E-state index is 12.3. The molecule has 1 amide bonds. The van der Waals surface area contributed by atoms with Crippen LogP contribution in [0.2, 0.25) is 0 Å². The molecule has 0 aliphatic rings. The van der Waals surface area contributed by atoms with Gasteiger partial charge in [0.1, 0.15) is 0 Å². The van der Waals surface area contributed by atoms with E-state index >= 15 is 0 Å². The molecular formula is C18H17N3O2. The van der Waals surface area contributed by atoms with E-state index in [0.29, 0.717) is 17.3 Å². The smallest absolute Gasteiger partial charge is 0.251 e. The molecule has 1 aromatic heterocycles. The fraction of sp³-hybridized carbons (Fsp3) is 0.167. The van der Waals surface area contributed by atoms with Crippen molar-refractivity contribution < 1.29 is 9.21 Å². The van der Waals surface area contributed by atoms with Gasteiger partial charge in [-0.25, -0.2) is 0 Å². The summed E-state index contributed by atoms with van der Waals surface area (Å²) in [5, 5.41) is 10.7. The third-order valence-electron chi connectivity index (χ3n) is 3.57. The second-order valence-electron chi connectivity index (χ2n) is 5.31. The molecule has 0 aliphatic heterocycles. The third-order valence-corrected chi connectivity index (χ3v) is 3.57. The Balaban J connectivity index is 1.70. The lowest BCUT2D eigenvalue weighted by atomic mass is 10.1. The first-order valence-corrected chi connectivity index (χ1v) is 7.40. The van der Waals surface area contributed by atoms with Gasteiger partial charge in [-0.15, -0.1) is 10.2 Å². The van der Waals surface area contributed by atoms with Gasteiger partial charge in [-0.3, -0.25) is 4.79 Å². The highest BCUT2D eigenvalue weighted by Crippen LogP contribution is 2.19. The minimum Gasteiger partial charge on any atom is -0.421 e. The van der Waals surface area contributed by atoms with Crippen molar-refractivity contribution in [2.24, 2.45) is 0 Å². The van der Waals surface area contributed by atoms with Crippen molar-refractivity contribution in [1.82, 2.24) is 15.5 Å². The van der Waals surface area contributed by atoms with Crippen molar-refractivity contribution in [3.63, 3.8) is 0 Å². The highest BCUT2D eigenvalue weighted by molar-refractivity contribution is 5.94. The van der Waals surface area contributed by atoms with Crippen molar-refractivity contribution in [3.05, 3.63) is 71.6 Å². The largest absolute Gasteiger partial charge is 0.421 e. The molecule has 2 aromatic carbocycles. The molecule has 5 nitrogen and oxygen atoms in total. The Morgan fingerprint density at radius 3 is 2.35 bits per heavy atom. The van der Waals surface area contributed by atoms with Crippen LogP contribution in [0, 0.1) is 6.92 Å². The first-order chi connectivity index (χ1) is 11.1. The average Bonchev–Trinajstić information content (AvgIpc) is 3.02. The van der Waals surface area contributed by atoms with E-state index in [-0.39, 0.29) is 11.9 Å². The number of benzene rings is 2. The van der Waals surface area contributed by atoms with E-state index in [1.807, 2.05) is 37.3 Å². The average molecular weight is 307 g/mol. The molecule has 1 N–H and O–H groups in total. The van der Waals surface area contributed by atoms with Crippen molar-refractivity contribution >= 4 is 5.91 Å². The number of nitrogens with zero attached hydrogens (tertiary/aromatic N) is 2. The van der Waals surface area contributed by atoms with Crippen LogP contribution in [0.1, 0.15) is 34.8 Å². The molecule has 1 atom stereocenters. The molecule has 116 valence electrons. The number of hydrogen-bond donors (Lipinski definition) is 1. The summed E-state index contributed by atoms with van der Waals surface area (Å²) in [6.45, 7) is 3.70. The molecule has 0 bridgehead atoms. The molecule has 1 unspecified atom stereocenters. The summed E-state index contributed by atoms with van der Waals surface area (Å²) in [6.07, 6.45) is 0. The van der Waals surface area contributed by atoms with E-state index in [1.54, 1.807) is 31.2 Å². The Labute approximate surface area is 134 Å². The van der Waals surface area contributed by atoms with Gasteiger partial charge in [-0.2, -0.15) is 0 Å². The second-order valence-corrected chi connectivity index (χ2v) is 5.31. The van der Waals surface area contributed by atoms with Crippen LogP contribution in [0.4, 0.5) is 0 Å². The van der Waals surface area contributed by atoms with Gasteiger partial charge in [-0.05, 0) is 36.8 Å². The predicted molar refractivity (Wildman–Crippen MR) is 86.8 cm³/mol. The Kier molecular flexibility index (Phi) is 4.19. The molecule has 1 heterocycles. The van der Waals surface area contributed by atoms with Gasteiger partial charge in [-0.1, -0.05) is 30.3 Å². The van der Waals surface area contributed by atoms with Crippen LogP contribution in [-0.4, -0.2) is 16.1 Å². The van der Waals surface area contributed by atoms with Crippen molar-refractivity contribution in [2.45, 2.75) is 19.9 Å². The molecule has 3 aromatic rings. The fourth-order valence-corrected chi connectivity index (χ4v) is 2.28. The lowest BCUT2D eigenvalue weighted by molar-refractivity contribution is 0.0940. The number of carbonyl (C=O) groups is 1. The zero-order valence-electron chi connectivity index (χ0n) is 13.0. The van der Waals surface area contributed by atoms with Gasteiger partial charge < -0.3 is 9.73 Å². The zero-order valence-corrected chi connectivity index (χ0v) is 13.0. The van der Waals surface area contributed by atoms with E-state index < -0.39 is 0 Å². The minimum absolute atomic E-state index is 0.0537. The Morgan fingerprint density at radius 2 is 1.74 bits per heavy atom. The van der Waals surface area contributed by atoms with Crippen LogP contribution in [0.15, 0.2) is 59.0 Å². The number of nitrogens with one attached hydrogen (secondary N) is 1. The number of aryl methyl sites for hydroxylation is 1. The number of aromatic nitrogens is 2. The van der Waals surface area contributed by atoms with Crippen LogP contribution in [-0.2, 0) is 0 Å². The summed E-state index contributed by atoms with van der Waals surface area (Å²) in [7, 11) is 0. The summed E-state index contributed by atoms with van der Waals surface area (Å²) >= 11 is 0. The zero-order chi connectivity index (χ0) is 16.2. The molecule has 3 rings (SSSR count). The highest BCUT2D eigenvalue weighted by atomic mass is 16.4. The van der Waals surface area contributed by atoms with Crippen molar-refractivity contribution in [1.29, 1.82) is 0 Å². The monoisotopic (exact) mass is 307 g/mol. The van der Waals surface area contributed by atoms with Crippen molar-refractivity contribution in [2.75, 3.05) is 0 Å². The summed E-state index contributed by atoms with van der Waals surface area (Å²) in [5.41, 5.74) is 2.45. The number of carbonyl (C=O) groups excluding carboxylic acids is 1. The Morgan fingerprint density at radius 1 is 1.04 bits per heavy atom. The van der Waals surface area contributed by atoms with Crippen molar-refractivity contribution in [3.8, 4) is 11.5 Å². The van der Waals surface area contributed by atoms with Gasteiger partial charge in [0, 0.05) is 18.1 Å². The molecule has 0 radical (unpaired) electrons. The van der Waals surface area contributed by atoms with E-state index in [2.05, 4.69) is 15.5 Å². The molecule has 23 heavy (non-hydrogen) atoms. The van der Waals surface area contributed by atoms with Crippen LogP contribution in [0.5, 0.6) is 0 Å². The Bertz CT molecular complexity index is 795.